The Morgan fingerprint density at radius 3 is 1.89 bits per heavy atom. The van der Waals surface area contributed by atoms with Crippen molar-refractivity contribution in [3.05, 3.63) is 62.7 Å². The highest BCUT2D eigenvalue weighted by molar-refractivity contribution is 5.56. The van der Waals surface area contributed by atoms with Gasteiger partial charge in [-0.3, -0.25) is 4.90 Å². The van der Waals surface area contributed by atoms with Crippen LogP contribution >= 0.6 is 0 Å². The molecule has 4 atom stereocenters. The summed E-state index contributed by atoms with van der Waals surface area (Å²) in [5, 5.41) is 11.5. The third-order valence-electron chi connectivity index (χ3n) is 9.00. The number of rotatable bonds is 9. The van der Waals surface area contributed by atoms with Gasteiger partial charge in [-0.1, -0.05) is 53.7 Å². The van der Waals surface area contributed by atoms with Gasteiger partial charge in [-0.2, -0.15) is 0 Å². The molecule has 1 N–H and O–H groups in total. The summed E-state index contributed by atoms with van der Waals surface area (Å²) < 4.78 is 0. The van der Waals surface area contributed by atoms with Crippen LogP contribution in [0.15, 0.2) is 18.2 Å². The van der Waals surface area contributed by atoms with Gasteiger partial charge in [0.05, 0.1) is 0 Å². The highest BCUT2D eigenvalue weighted by Gasteiger charge is 2.33. The maximum Gasteiger partial charge on any atom is 0.119 e. The fourth-order valence-corrected chi connectivity index (χ4v) is 6.58. The van der Waals surface area contributed by atoms with Gasteiger partial charge in [0, 0.05) is 29.6 Å². The van der Waals surface area contributed by atoms with Crippen LogP contribution in [0.1, 0.15) is 126 Å². The molecule has 2 nitrogen and oxygen atoms in total. The maximum absolute atomic E-state index is 11.5. The van der Waals surface area contributed by atoms with Crippen LogP contribution in [0.5, 0.6) is 5.75 Å². The van der Waals surface area contributed by atoms with Gasteiger partial charge in [0.2, 0.25) is 0 Å². The van der Waals surface area contributed by atoms with Crippen LogP contribution in [0.25, 0.3) is 0 Å². The molecule has 0 bridgehead atoms. The molecule has 0 aliphatic heterocycles. The number of hydrogen-bond donors (Lipinski definition) is 1. The van der Waals surface area contributed by atoms with Crippen molar-refractivity contribution >= 4 is 0 Å². The van der Waals surface area contributed by atoms with Crippen molar-refractivity contribution in [2.75, 3.05) is 0 Å². The van der Waals surface area contributed by atoms with E-state index in [9.17, 15) is 5.11 Å². The summed E-state index contributed by atoms with van der Waals surface area (Å²) in [6.45, 7) is 32.1. The molecule has 0 amide bonds. The van der Waals surface area contributed by atoms with Gasteiger partial charge < -0.3 is 5.11 Å². The summed E-state index contributed by atoms with van der Waals surface area (Å²) in [6, 6.07) is 7.99. The molecule has 0 aliphatic rings. The van der Waals surface area contributed by atoms with Crippen LogP contribution in [0.2, 0.25) is 0 Å². The number of benzene rings is 2. The first-order valence-electron chi connectivity index (χ1n) is 14.2. The number of phenolic OH excluding ortho intramolecular Hbond substituents is 1. The van der Waals surface area contributed by atoms with Crippen molar-refractivity contribution in [3.63, 3.8) is 0 Å². The molecule has 3 unspecified atom stereocenters. The fourth-order valence-electron chi connectivity index (χ4n) is 6.58. The molecule has 2 aromatic rings. The van der Waals surface area contributed by atoms with E-state index >= 15 is 0 Å². The minimum Gasteiger partial charge on any atom is -0.508 e. The monoisotopic (exact) mass is 493 g/mol. The molecule has 0 fully saturated rings. The largest absolute Gasteiger partial charge is 0.508 e. The van der Waals surface area contributed by atoms with Crippen molar-refractivity contribution in [2.24, 2.45) is 5.92 Å². The minimum atomic E-state index is 0.0138. The third kappa shape index (κ3) is 6.18. The molecule has 0 aromatic heterocycles. The van der Waals surface area contributed by atoms with E-state index in [1.165, 1.54) is 38.9 Å². The van der Waals surface area contributed by atoms with Crippen LogP contribution in [0.3, 0.4) is 0 Å². The highest BCUT2D eigenvalue weighted by Crippen LogP contribution is 2.44. The maximum atomic E-state index is 11.5. The summed E-state index contributed by atoms with van der Waals surface area (Å²) >= 11 is 0. The van der Waals surface area contributed by atoms with E-state index in [1.54, 1.807) is 0 Å². The van der Waals surface area contributed by atoms with Gasteiger partial charge >= 0.3 is 0 Å². The smallest absolute Gasteiger partial charge is 0.119 e. The van der Waals surface area contributed by atoms with E-state index in [0.717, 1.165) is 18.4 Å². The second-order valence-corrected chi connectivity index (χ2v) is 12.9. The Bertz CT molecular complexity index is 1040. The predicted octanol–water partition coefficient (Wildman–Crippen LogP) is 9.29. The third-order valence-corrected chi connectivity index (χ3v) is 9.00. The highest BCUT2D eigenvalue weighted by atomic mass is 16.3. The summed E-state index contributed by atoms with van der Waals surface area (Å²) in [4.78, 5) is 2.74. The Hall–Kier alpha value is -1.80. The molecular weight excluding hydrogens is 438 g/mol. The van der Waals surface area contributed by atoms with Crippen LogP contribution in [0.4, 0.5) is 0 Å². The van der Waals surface area contributed by atoms with Gasteiger partial charge in [0.1, 0.15) is 5.75 Å². The first-order valence-corrected chi connectivity index (χ1v) is 14.2. The van der Waals surface area contributed by atoms with Crippen molar-refractivity contribution < 1.29 is 5.11 Å². The van der Waals surface area contributed by atoms with E-state index in [0.29, 0.717) is 29.8 Å². The summed E-state index contributed by atoms with van der Waals surface area (Å²) in [6.07, 6.45) is 2.11. The van der Waals surface area contributed by atoms with Crippen molar-refractivity contribution in [1.82, 2.24) is 4.90 Å². The Kier molecular flexibility index (Phi) is 9.90. The molecule has 2 rings (SSSR count). The van der Waals surface area contributed by atoms with E-state index in [-0.39, 0.29) is 11.3 Å². The van der Waals surface area contributed by atoms with E-state index in [1.807, 2.05) is 6.07 Å². The van der Waals surface area contributed by atoms with Crippen molar-refractivity contribution in [3.8, 4) is 5.75 Å². The van der Waals surface area contributed by atoms with Crippen LogP contribution < -0.4 is 0 Å². The average Bonchev–Trinajstić information content (AvgIpc) is 2.75. The molecular formula is C34H55NO. The molecule has 0 saturated carbocycles. The SMILES string of the molecule is CCC(C)N(C(C)C[C@H](c1ccc(C)c(C)c1C)c1c(O)cc(C)c(C(C)(C)C)c1C)C(C)C(C)C. The summed E-state index contributed by atoms with van der Waals surface area (Å²) in [5.74, 6) is 1.16. The first-order chi connectivity index (χ1) is 16.5. The second kappa shape index (κ2) is 11.7. The average molecular weight is 494 g/mol. The van der Waals surface area contributed by atoms with Gasteiger partial charge in [-0.15, -0.1) is 0 Å². The van der Waals surface area contributed by atoms with Gasteiger partial charge in [-0.05, 0) is 125 Å². The molecule has 202 valence electrons. The number of nitrogens with zero attached hydrogens (tertiary/aromatic N) is 1. The number of aryl methyl sites for hydroxylation is 2. The Labute approximate surface area is 223 Å². The van der Waals surface area contributed by atoms with Gasteiger partial charge in [-0.25, -0.2) is 0 Å². The number of hydrogen-bond acceptors (Lipinski definition) is 2. The molecule has 2 aromatic carbocycles. The molecule has 36 heavy (non-hydrogen) atoms. The Morgan fingerprint density at radius 2 is 1.39 bits per heavy atom. The normalized spacial score (nSPS) is 15.9. The quantitative estimate of drug-likeness (QED) is 0.376. The molecule has 2 heteroatoms. The number of aromatic hydroxyl groups is 1. The second-order valence-electron chi connectivity index (χ2n) is 12.9. The Balaban J connectivity index is 2.81. The predicted molar refractivity (Wildman–Crippen MR) is 159 cm³/mol. The lowest BCUT2D eigenvalue weighted by atomic mass is 9.74. The van der Waals surface area contributed by atoms with Gasteiger partial charge in [0.15, 0.2) is 0 Å². The molecule has 0 heterocycles. The van der Waals surface area contributed by atoms with Crippen LogP contribution in [-0.4, -0.2) is 28.1 Å². The molecule has 0 spiro atoms. The zero-order chi connectivity index (χ0) is 27.7. The molecule has 0 saturated heterocycles. The van der Waals surface area contributed by atoms with Crippen molar-refractivity contribution in [1.29, 1.82) is 0 Å². The Morgan fingerprint density at radius 1 is 0.806 bits per heavy atom. The lowest BCUT2D eigenvalue weighted by Crippen LogP contribution is -2.48. The lowest BCUT2D eigenvalue weighted by Gasteiger charge is -2.43. The molecule has 0 aliphatic carbocycles. The van der Waals surface area contributed by atoms with Crippen molar-refractivity contribution in [2.45, 2.75) is 139 Å². The first kappa shape index (κ1) is 30.4. The van der Waals surface area contributed by atoms with E-state index < -0.39 is 0 Å². The summed E-state index contributed by atoms with van der Waals surface area (Å²) in [5.41, 5.74) is 10.3. The fraction of sp³-hybridized carbons (Fsp3) is 0.647. The van der Waals surface area contributed by atoms with Crippen LogP contribution in [0, 0.1) is 40.5 Å². The van der Waals surface area contributed by atoms with E-state index in [2.05, 4.69) is 114 Å². The van der Waals surface area contributed by atoms with E-state index in [4.69, 9.17) is 0 Å². The van der Waals surface area contributed by atoms with Crippen LogP contribution in [-0.2, 0) is 5.41 Å². The zero-order valence-corrected chi connectivity index (χ0v) is 25.9. The topological polar surface area (TPSA) is 23.5 Å². The number of phenols is 1. The van der Waals surface area contributed by atoms with Gasteiger partial charge in [0.25, 0.3) is 0 Å². The lowest BCUT2D eigenvalue weighted by molar-refractivity contribution is 0.0689. The molecule has 0 radical (unpaired) electrons. The standard InChI is InChI=1S/C34H55NO/c1-15-23(6)35(28(11)20(2)3)24(7)19-30(29-17-16-21(4)25(8)26(29)9)32-27(10)33(34(12,13)14)22(5)18-31(32)36/h16-18,20,23-24,28,30,36H,15,19H2,1-14H3/t23?,24?,28?,30-/m1/s1. The summed E-state index contributed by atoms with van der Waals surface area (Å²) in [7, 11) is 0. The minimum absolute atomic E-state index is 0.0138. The zero-order valence-electron chi connectivity index (χ0n) is 25.9.